The monoisotopic (exact) mass is 284 g/mol. The van der Waals surface area contributed by atoms with Gasteiger partial charge in [0, 0.05) is 24.9 Å². The SMILES string of the molecule is CN1CCC(N(C)C2CC3(CCC2O)OCCO3)CC1. The molecule has 2 saturated heterocycles. The number of ether oxygens (including phenoxy) is 2. The molecule has 0 bridgehead atoms. The summed E-state index contributed by atoms with van der Waals surface area (Å²) in [7, 11) is 4.35. The van der Waals surface area contributed by atoms with Gasteiger partial charge >= 0.3 is 0 Å². The minimum Gasteiger partial charge on any atom is -0.391 e. The number of nitrogens with zero attached hydrogens (tertiary/aromatic N) is 2. The van der Waals surface area contributed by atoms with Crippen LogP contribution >= 0.6 is 0 Å². The molecule has 0 aromatic carbocycles. The van der Waals surface area contributed by atoms with Crippen LogP contribution in [0.2, 0.25) is 0 Å². The van der Waals surface area contributed by atoms with Crippen LogP contribution in [0.3, 0.4) is 0 Å². The molecule has 116 valence electrons. The second-order valence-electron chi connectivity index (χ2n) is 6.69. The van der Waals surface area contributed by atoms with Gasteiger partial charge < -0.3 is 19.5 Å². The van der Waals surface area contributed by atoms with Crippen LogP contribution in [0, 0.1) is 0 Å². The molecule has 20 heavy (non-hydrogen) atoms. The normalized spacial score (nSPS) is 36.0. The molecule has 3 rings (SSSR count). The van der Waals surface area contributed by atoms with Crippen molar-refractivity contribution in [2.45, 2.75) is 56.1 Å². The van der Waals surface area contributed by atoms with Crippen LogP contribution in [0.1, 0.15) is 32.1 Å². The van der Waals surface area contributed by atoms with Crippen molar-refractivity contribution in [2.75, 3.05) is 40.4 Å². The summed E-state index contributed by atoms with van der Waals surface area (Å²) < 4.78 is 11.7. The van der Waals surface area contributed by atoms with Crippen molar-refractivity contribution < 1.29 is 14.6 Å². The molecular weight excluding hydrogens is 256 g/mol. The maximum Gasteiger partial charge on any atom is 0.170 e. The van der Waals surface area contributed by atoms with Crippen LogP contribution in [-0.4, -0.2) is 79.3 Å². The highest BCUT2D eigenvalue weighted by molar-refractivity contribution is 4.94. The molecule has 2 unspecified atom stereocenters. The molecule has 2 heterocycles. The van der Waals surface area contributed by atoms with Crippen LogP contribution in [-0.2, 0) is 9.47 Å². The summed E-state index contributed by atoms with van der Waals surface area (Å²) in [6.45, 7) is 3.69. The van der Waals surface area contributed by atoms with Gasteiger partial charge in [-0.1, -0.05) is 0 Å². The van der Waals surface area contributed by atoms with Gasteiger partial charge in [-0.3, -0.25) is 4.90 Å². The fourth-order valence-corrected chi connectivity index (χ4v) is 3.96. The third-order valence-electron chi connectivity index (χ3n) is 5.39. The highest BCUT2D eigenvalue weighted by atomic mass is 16.7. The van der Waals surface area contributed by atoms with Crippen LogP contribution in [0.4, 0.5) is 0 Å². The number of piperidine rings is 1. The molecule has 3 aliphatic rings. The number of hydrogen-bond acceptors (Lipinski definition) is 5. The van der Waals surface area contributed by atoms with Crippen LogP contribution in [0.5, 0.6) is 0 Å². The van der Waals surface area contributed by atoms with Gasteiger partial charge in [-0.05, 0) is 46.4 Å². The quantitative estimate of drug-likeness (QED) is 0.807. The van der Waals surface area contributed by atoms with E-state index < -0.39 is 5.79 Å². The molecule has 2 aliphatic heterocycles. The lowest BCUT2D eigenvalue weighted by atomic mass is 9.85. The van der Waals surface area contributed by atoms with E-state index >= 15 is 0 Å². The highest BCUT2D eigenvalue weighted by Gasteiger charge is 2.46. The van der Waals surface area contributed by atoms with Gasteiger partial charge in [-0.25, -0.2) is 0 Å². The highest BCUT2D eigenvalue weighted by Crippen LogP contribution is 2.38. The van der Waals surface area contributed by atoms with E-state index in [2.05, 4.69) is 23.9 Å². The van der Waals surface area contributed by atoms with E-state index in [-0.39, 0.29) is 12.1 Å². The Bertz CT molecular complexity index is 325. The van der Waals surface area contributed by atoms with Crippen LogP contribution in [0.15, 0.2) is 0 Å². The Morgan fingerprint density at radius 2 is 1.80 bits per heavy atom. The van der Waals surface area contributed by atoms with Crippen molar-refractivity contribution in [3.63, 3.8) is 0 Å². The Morgan fingerprint density at radius 1 is 1.15 bits per heavy atom. The predicted octanol–water partition coefficient (Wildman–Crippen LogP) is 0.669. The summed E-state index contributed by atoms with van der Waals surface area (Å²) in [6.07, 6.45) is 4.53. The first-order valence-electron chi connectivity index (χ1n) is 7.96. The fourth-order valence-electron chi connectivity index (χ4n) is 3.96. The Hall–Kier alpha value is -0.200. The number of hydrogen-bond donors (Lipinski definition) is 1. The van der Waals surface area contributed by atoms with Gasteiger partial charge in [0.1, 0.15) is 0 Å². The van der Waals surface area contributed by atoms with E-state index in [1.54, 1.807) is 0 Å². The minimum atomic E-state index is -0.413. The Kier molecular flexibility index (Phi) is 4.34. The summed E-state index contributed by atoms with van der Waals surface area (Å²) in [5.41, 5.74) is 0. The predicted molar refractivity (Wildman–Crippen MR) is 76.6 cm³/mol. The third-order valence-corrected chi connectivity index (χ3v) is 5.39. The first kappa shape index (κ1) is 14.7. The van der Waals surface area contributed by atoms with Gasteiger partial charge in [0.25, 0.3) is 0 Å². The maximum atomic E-state index is 10.4. The van der Waals surface area contributed by atoms with E-state index in [1.807, 2.05) is 0 Å². The van der Waals surface area contributed by atoms with Crippen molar-refractivity contribution in [2.24, 2.45) is 0 Å². The zero-order valence-corrected chi connectivity index (χ0v) is 12.8. The second kappa shape index (κ2) is 5.89. The van der Waals surface area contributed by atoms with E-state index in [1.165, 1.54) is 12.8 Å². The van der Waals surface area contributed by atoms with E-state index in [4.69, 9.17) is 9.47 Å². The Balaban J connectivity index is 1.64. The van der Waals surface area contributed by atoms with Gasteiger partial charge in [-0.15, -0.1) is 0 Å². The summed E-state index contributed by atoms with van der Waals surface area (Å²) in [5.74, 6) is -0.413. The van der Waals surface area contributed by atoms with Gasteiger partial charge in [0.15, 0.2) is 5.79 Å². The van der Waals surface area contributed by atoms with E-state index in [0.717, 1.165) is 32.4 Å². The number of aliphatic hydroxyl groups excluding tert-OH is 1. The Labute approximate surface area is 121 Å². The first-order chi connectivity index (χ1) is 9.60. The molecule has 5 heteroatoms. The third kappa shape index (κ3) is 2.88. The van der Waals surface area contributed by atoms with Gasteiger partial charge in [0.2, 0.25) is 0 Å². The number of aliphatic hydroxyl groups is 1. The lowest BCUT2D eigenvalue weighted by Gasteiger charge is -2.46. The molecule has 0 aromatic rings. The maximum absolute atomic E-state index is 10.4. The topological polar surface area (TPSA) is 45.2 Å². The van der Waals surface area contributed by atoms with Crippen molar-refractivity contribution in [3.8, 4) is 0 Å². The van der Waals surface area contributed by atoms with E-state index in [9.17, 15) is 5.11 Å². The lowest BCUT2D eigenvalue weighted by molar-refractivity contribution is -0.206. The number of rotatable bonds is 2. The number of likely N-dealkylation sites (tertiary alicyclic amines) is 1. The zero-order chi connectivity index (χ0) is 14.2. The van der Waals surface area contributed by atoms with Crippen LogP contribution < -0.4 is 0 Å². The van der Waals surface area contributed by atoms with Crippen molar-refractivity contribution in [1.29, 1.82) is 0 Å². The van der Waals surface area contributed by atoms with Gasteiger partial charge in [-0.2, -0.15) is 0 Å². The van der Waals surface area contributed by atoms with Crippen molar-refractivity contribution >= 4 is 0 Å². The fraction of sp³-hybridized carbons (Fsp3) is 1.00. The molecule has 3 fully saturated rings. The molecule has 1 N–H and O–H groups in total. The molecule has 1 spiro atoms. The van der Waals surface area contributed by atoms with Crippen molar-refractivity contribution in [3.05, 3.63) is 0 Å². The number of likely N-dealkylation sites (N-methyl/N-ethyl adjacent to an activating group) is 1. The average Bonchev–Trinajstić information content (AvgIpc) is 2.90. The molecule has 2 atom stereocenters. The summed E-state index contributed by atoms with van der Waals surface area (Å²) in [4.78, 5) is 4.77. The molecule has 5 nitrogen and oxygen atoms in total. The average molecular weight is 284 g/mol. The smallest absolute Gasteiger partial charge is 0.170 e. The molecule has 1 saturated carbocycles. The molecule has 0 radical (unpaired) electrons. The lowest BCUT2D eigenvalue weighted by Crippen LogP contribution is -2.56. The molecular formula is C15H28N2O3. The summed E-state index contributed by atoms with van der Waals surface area (Å²) in [6, 6.07) is 0.734. The minimum absolute atomic E-state index is 0.162. The molecule has 0 aromatic heterocycles. The standard InChI is InChI=1S/C15H28N2O3/c1-16-7-4-12(5-8-16)17(2)13-11-15(6-3-14(13)18)19-9-10-20-15/h12-14,18H,3-11H2,1-2H3. The first-order valence-corrected chi connectivity index (χ1v) is 7.96. The van der Waals surface area contributed by atoms with Crippen LogP contribution in [0.25, 0.3) is 0 Å². The summed E-state index contributed by atoms with van der Waals surface area (Å²) in [5, 5.41) is 10.4. The summed E-state index contributed by atoms with van der Waals surface area (Å²) >= 11 is 0. The second-order valence-corrected chi connectivity index (χ2v) is 6.69. The Morgan fingerprint density at radius 3 is 2.45 bits per heavy atom. The van der Waals surface area contributed by atoms with Crippen molar-refractivity contribution in [1.82, 2.24) is 9.80 Å². The molecule has 1 aliphatic carbocycles. The largest absolute Gasteiger partial charge is 0.391 e. The zero-order valence-electron chi connectivity index (χ0n) is 12.8. The van der Waals surface area contributed by atoms with E-state index in [0.29, 0.717) is 19.3 Å². The van der Waals surface area contributed by atoms with Gasteiger partial charge in [0.05, 0.1) is 19.3 Å². The molecule has 0 amide bonds.